The van der Waals surface area contributed by atoms with Crippen LogP contribution in [-0.4, -0.2) is 27.2 Å². The van der Waals surface area contributed by atoms with E-state index in [9.17, 15) is 19.1 Å². The summed E-state index contributed by atoms with van der Waals surface area (Å²) in [5.74, 6) is -2.28. The van der Waals surface area contributed by atoms with Crippen molar-refractivity contribution in [1.29, 1.82) is 0 Å². The Morgan fingerprint density at radius 3 is 2.48 bits per heavy atom. The second kappa shape index (κ2) is 7.66. The molecule has 0 amide bonds. The van der Waals surface area contributed by atoms with Gasteiger partial charge in [-0.1, -0.05) is 45.0 Å². The zero-order valence-electron chi connectivity index (χ0n) is 16.8. The van der Waals surface area contributed by atoms with E-state index < -0.39 is 28.7 Å². The monoisotopic (exact) mass is 398 g/mol. The van der Waals surface area contributed by atoms with Crippen molar-refractivity contribution in [3.8, 4) is 5.75 Å². The lowest BCUT2D eigenvalue weighted by atomic mass is 9.87. The molecule has 0 aliphatic rings. The summed E-state index contributed by atoms with van der Waals surface area (Å²) in [5, 5.41) is 10.4. The normalized spacial score (nSPS) is 11.6. The Labute approximate surface area is 167 Å². The second-order valence-corrected chi connectivity index (χ2v) is 7.81. The fourth-order valence-electron chi connectivity index (χ4n) is 3.12. The summed E-state index contributed by atoms with van der Waals surface area (Å²) in [5.41, 5.74) is 0.730. The molecule has 0 bridgehead atoms. The van der Waals surface area contributed by atoms with Crippen LogP contribution >= 0.6 is 0 Å². The molecule has 6 nitrogen and oxygen atoms in total. The molecule has 2 heterocycles. The van der Waals surface area contributed by atoms with E-state index in [0.29, 0.717) is 0 Å². The standard InChI is InChI=1S/C22H23FN2O4/c1-5-29-21(28)17-18(26)16-10-15(23)11-24-19(16)25(20(17)27)12-13-6-8-14(9-7-13)22(2,3)4/h6-11,26H,5,12H2,1-4H3. The molecule has 3 aromatic rings. The average Bonchev–Trinajstić information content (AvgIpc) is 2.65. The van der Waals surface area contributed by atoms with Crippen LogP contribution in [0.2, 0.25) is 0 Å². The van der Waals surface area contributed by atoms with Gasteiger partial charge in [0.25, 0.3) is 5.56 Å². The summed E-state index contributed by atoms with van der Waals surface area (Å²) in [6, 6.07) is 8.77. The summed E-state index contributed by atoms with van der Waals surface area (Å²) >= 11 is 0. The maximum Gasteiger partial charge on any atom is 0.347 e. The number of aromatic nitrogens is 2. The van der Waals surface area contributed by atoms with Crippen LogP contribution in [0.3, 0.4) is 0 Å². The topological polar surface area (TPSA) is 81.4 Å². The Bertz CT molecular complexity index is 1130. The van der Waals surface area contributed by atoms with E-state index >= 15 is 0 Å². The number of ether oxygens (including phenoxy) is 1. The average molecular weight is 398 g/mol. The second-order valence-electron chi connectivity index (χ2n) is 7.81. The Hall–Kier alpha value is -3.22. The quantitative estimate of drug-likeness (QED) is 0.677. The van der Waals surface area contributed by atoms with Crippen LogP contribution in [0.25, 0.3) is 11.0 Å². The van der Waals surface area contributed by atoms with Gasteiger partial charge < -0.3 is 9.84 Å². The number of hydrogen-bond acceptors (Lipinski definition) is 5. The third-order valence-corrected chi connectivity index (χ3v) is 4.68. The van der Waals surface area contributed by atoms with Gasteiger partial charge in [0.15, 0.2) is 5.56 Å². The molecule has 0 radical (unpaired) electrons. The van der Waals surface area contributed by atoms with Crippen molar-refractivity contribution in [3.63, 3.8) is 0 Å². The van der Waals surface area contributed by atoms with E-state index in [4.69, 9.17) is 4.74 Å². The minimum atomic E-state index is -0.960. The lowest BCUT2D eigenvalue weighted by Gasteiger charge is -2.19. The number of aromatic hydroxyl groups is 1. The molecule has 7 heteroatoms. The molecular weight excluding hydrogens is 375 g/mol. The predicted molar refractivity (Wildman–Crippen MR) is 108 cm³/mol. The first-order chi connectivity index (χ1) is 13.6. The summed E-state index contributed by atoms with van der Waals surface area (Å²) in [7, 11) is 0. The van der Waals surface area contributed by atoms with Gasteiger partial charge >= 0.3 is 5.97 Å². The Kier molecular flexibility index (Phi) is 5.42. The molecule has 1 aromatic carbocycles. The summed E-state index contributed by atoms with van der Waals surface area (Å²) < 4.78 is 19.9. The van der Waals surface area contributed by atoms with Crippen LogP contribution in [-0.2, 0) is 16.7 Å². The van der Waals surface area contributed by atoms with Crippen LogP contribution < -0.4 is 5.56 Å². The first kappa shape index (κ1) is 20.5. The predicted octanol–water partition coefficient (Wildman–Crippen LogP) is 3.76. The van der Waals surface area contributed by atoms with Gasteiger partial charge in [-0.2, -0.15) is 0 Å². The zero-order valence-corrected chi connectivity index (χ0v) is 16.8. The van der Waals surface area contributed by atoms with Gasteiger partial charge in [-0.25, -0.2) is 14.2 Å². The fraction of sp³-hybridized carbons (Fsp3) is 0.318. The van der Waals surface area contributed by atoms with Crippen molar-refractivity contribution < 1.29 is 19.0 Å². The highest BCUT2D eigenvalue weighted by molar-refractivity contribution is 5.98. The largest absolute Gasteiger partial charge is 0.506 e. The molecule has 0 unspecified atom stereocenters. The molecule has 152 valence electrons. The van der Waals surface area contributed by atoms with Crippen molar-refractivity contribution in [2.24, 2.45) is 0 Å². The zero-order chi connectivity index (χ0) is 21.3. The molecule has 0 spiro atoms. The van der Waals surface area contributed by atoms with Crippen molar-refractivity contribution >= 4 is 17.0 Å². The highest BCUT2D eigenvalue weighted by atomic mass is 19.1. The fourth-order valence-corrected chi connectivity index (χ4v) is 3.12. The number of carbonyl (C=O) groups excluding carboxylic acids is 1. The summed E-state index contributed by atoms with van der Waals surface area (Å²) in [4.78, 5) is 29.2. The third-order valence-electron chi connectivity index (χ3n) is 4.68. The van der Waals surface area contributed by atoms with Gasteiger partial charge in [-0.05, 0) is 29.5 Å². The van der Waals surface area contributed by atoms with Crippen LogP contribution in [0.15, 0.2) is 41.3 Å². The molecule has 0 saturated carbocycles. The van der Waals surface area contributed by atoms with Crippen molar-refractivity contribution in [2.45, 2.75) is 39.7 Å². The molecule has 0 atom stereocenters. The lowest BCUT2D eigenvalue weighted by molar-refractivity contribution is 0.0520. The molecule has 0 aliphatic carbocycles. The molecule has 2 aromatic heterocycles. The first-order valence-electron chi connectivity index (χ1n) is 9.31. The van der Waals surface area contributed by atoms with E-state index in [1.807, 2.05) is 24.3 Å². The van der Waals surface area contributed by atoms with Gasteiger partial charge in [0, 0.05) is 0 Å². The van der Waals surface area contributed by atoms with Gasteiger partial charge in [0.1, 0.15) is 17.2 Å². The van der Waals surface area contributed by atoms with Crippen molar-refractivity contribution in [3.05, 3.63) is 69.4 Å². The van der Waals surface area contributed by atoms with Crippen molar-refractivity contribution in [1.82, 2.24) is 9.55 Å². The van der Waals surface area contributed by atoms with E-state index in [-0.39, 0.29) is 29.6 Å². The van der Waals surface area contributed by atoms with Gasteiger partial charge in [0.2, 0.25) is 0 Å². The minimum absolute atomic E-state index is 0.0171. The number of fused-ring (bicyclic) bond motifs is 1. The van der Waals surface area contributed by atoms with Crippen LogP contribution in [0.5, 0.6) is 5.75 Å². The van der Waals surface area contributed by atoms with Crippen LogP contribution in [0.4, 0.5) is 4.39 Å². The van der Waals surface area contributed by atoms with E-state index in [2.05, 4.69) is 25.8 Å². The van der Waals surface area contributed by atoms with Gasteiger partial charge in [-0.3, -0.25) is 9.36 Å². The van der Waals surface area contributed by atoms with E-state index in [1.165, 1.54) is 4.57 Å². The Morgan fingerprint density at radius 2 is 1.90 bits per heavy atom. The minimum Gasteiger partial charge on any atom is -0.506 e. The van der Waals surface area contributed by atoms with Crippen LogP contribution in [0.1, 0.15) is 49.2 Å². The number of pyridine rings is 2. The smallest absolute Gasteiger partial charge is 0.347 e. The highest BCUT2D eigenvalue weighted by Crippen LogP contribution is 2.27. The lowest BCUT2D eigenvalue weighted by Crippen LogP contribution is -2.29. The summed E-state index contributed by atoms with van der Waals surface area (Å²) in [6.07, 6.45) is 0.963. The Balaban J connectivity index is 2.18. The number of benzene rings is 1. The van der Waals surface area contributed by atoms with Gasteiger partial charge in [0.05, 0.1) is 24.7 Å². The molecule has 3 rings (SSSR count). The summed E-state index contributed by atoms with van der Waals surface area (Å²) in [6.45, 7) is 8.03. The van der Waals surface area contributed by atoms with E-state index in [1.54, 1.807) is 6.92 Å². The van der Waals surface area contributed by atoms with E-state index in [0.717, 1.165) is 23.4 Å². The van der Waals surface area contributed by atoms with Crippen molar-refractivity contribution in [2.75, 3.05) is 6.61 Å². The maximum atomic E-state index is 13.7. The number of nitrogens with zero attached hydrogens (tertiary/aromatic N) is 2. The number of rotatable bonds is 4. The van der Waals surface area contributed by atoms with Gasteiger partial charge in [-0.15, -0.1) is 0 Å². The molecule has 29 heavy (non-hydrogen) atoms. The third kappa shape index (κ3) is 3.99. The number of hydrogen-bond donors (Lipinski definition) is 1. The molecular formula is C22H23FN2O4. The maximum absolute atomic E-state index is 13.7. The molecule has 0 saturated heterocycles. The van der Waals surface area contributed by atoms with Crippen LogP contribution in [0, 0.1) is 5.82 Å². The number of carbonyl (C=O) groups is 1. The number of esters is 1. The SMILES string of the molecule is CCOC(=O)c1c(O)c2cc(F)cnc2n(Cc2ccc(C(C)(C)C)cc2)c1=O. The molecule has 0 fully saturated rings. The molecule has 1 N–H and O–H groups in total. The Morgan fingerprint density at radius 1 is 1.24 bits per heavy atom. The highest BCUT2D eigenvalue weighted by Gasteiger charge is 2.24. The number of halogens is 1. The first-order valence-corrected chi connectivity index (χ1v) is 9.31. The molecule has 0 aliphatic heterocycles.